The van der Waals surface area contributed by atoms with Gasteiger partial charge in [0.25, 0.3) is 5.56 Å². The molecule has 0 atom stereocenters. The Kier molecular flexibility index (Phi) is 4.32. The number of hydrogen-bond acceptors (Lipinski definition) is 3. The molecule has 0 saturated carbocycles. The number of hydrogen-bond donors (Lipinski definition) is 0. The van der Waals surface area contributed by atoms with Crippen molar-refractivity contribution in [3.05, 3.63) is 56.3 Å². The lowest BCUT2D eigenvalue weighted by Gasteiger charge is -2.42. The van der Waals surface area contributed by atoms with Crippen LogP contribution in [0.25, 0.3) is 16.6 Å². The normalized spacial score (nSPS) is 15.8. The molecule has 1 aliphatic heterocycles. The molecule has 0 unspecified atom stereocenters. The quantitative estimate of drug-likeness (QED) is 0.542. The predicted octanol–water partition coefficient (Wildman–Crippen LogP) is 2.65. The molecule has 0 N–H and O–H groups in total. The number of alkyl halides is 1. The first kappa shape index (κ1) is 18.1. The standard InChI is InChI=1S/C19H18FIN4O2/c1-12-4-3-5-13(6-12)14-7-15(21)25-17(14)18(27)23(11-22-25)8-16(26)24-9-19(2,20)10-24/h3-7,11H,8-10H2,1-2H3. The molecule has 3 aromatic rings. The zero-order valence-corrected chi connectivity index (χ0v) is 17.1. The second kappa shape index (κ2) is 6.43. The van der Waals surface area contributed by atoms with Crippen LogP contribution in [0.4, 0.5) is 4.39 Å². The zero-order chi connectivity index (χ0) is 19.3. The zero-order valence-electron chi connectivity index (χ0n) is 14.9. The van der Waals surface area contributed by atoms with Crippen molar-refractivity contribution in [3.63, 3.8) is 0 Å². The Morgan fingerprint density at radius 1 is 1.33 bits per heavy atom. The van der Waals surface area contributed by atoms with Crippen molar-refractivity contribution in [1.29, 1.82) is 0 Å². The van der Waals surface area contributed by atoms with Gasteiger partial charge in [-0.1, -0.05) is 29.8 Å². The summed E-state index contributed by atoms with van der Waals surface area (Å²) in [4.78, 5) is 26.8. The third-order valence-electron chi connectivity index (χ3n) is 4.73. The lowest BCUT2D eigenvalue weighted by molar-refractivity contribution is -0.144. The van der Waals surface area contributed by atoms with Gasteiger partial charge in [-0.15, -0.1) is 0 Å². The molecule has 1 saturated heterocycles. The van der Waals surface area contributed by atoms with E-state index in [4.69, 9.17) is 0 Å². The molecule has 0 bridgehead atoms. The summed E-state index contributed by atoms with van der Waals surface area (Å²) in [7, 11) is 0. The second-order valence-electron chi connectivity index (χ2n) is 7.24. The van der Waals surface area contributed by atoms with Crippen molar-refractivity contribution in [3.8, 4) is 11.1 Å². The molecule has 8 heteroatoms. The fourth-order valence-electron chi connectivity index (χ4n) is 3.41. The Labute approximate surface area is 168 Å². The fraction of sp³-hybridized carbons (Fsp3) is 0.316. The maximum atomic E-state index is 13.6. The van der Waals surface area contributed by atoms with Crippen molar-refractivity contribution < 1.29 is 9.18 Å². The molecular formula is C19H18FIN4O2. The first-order valence-electron chi connectivity index (χ1n) is 8.56. The molecule has 3 heterocycles. The maximum absolute atomic E-state index is 13.6. The average Bonchev–Trinajstić information content (AvgIpc) is 2.92. The van der Waals surface area contributed by atoms with Gasteiger partial charge in [0.2, 0.25) is 5.91 Å². The highest BCUT2D eigenvalue weighted by molar-refractivity contribution is 14.1. The molecule has 0 aliphatic carbocycles. The van der Waals surface area contributed by atoms with Gasteiger partial charge in [-0.2, -0.15) is 5.10 Å². The van der Waals surface area contributed by atoms with Crippen LogP contribution >= 0.6 is 22.6 Å². The number of carbonyl (C=O) groups is 1. The first-order valence-corrected chi connectivity index (χ1v) is 9.63. The van der Waals surface area contributed by atoms with Crippen LogP contribution in [0, 0.1) is 10.6 Å². The monoisotopic (exact) mass is 480 g/mol. The van der Waals surface area contributed by atoms with Gasteiger partial charge in [-0.05, 0) is 48.1 Å². The molecule has 1 amide bonds. The summed E-state index contributed by atoms with van der Waals surface area (Å²) in [5.41, 5.74) is 1.60. The summed E-state index contributed by atoms with van der Waals surface area (Å²) in [5, 5.41) is 4.32. The minimum atomic E-state index is -1.33. The van der Waals surface area contributed by atoms with Crippen molar-refractivity contribution in [2.45, 2.75) is 26.1 Å². The van der Waals surface area contributed by atoms with Gasteiger partial charge in [-0.25, -0.2) is 8.91 Å². The lowest BCUT2D eigenvalue weighted by atomic mass is 9.99. The highest BCUT2D eigenvalue weighted by Crippen LogP contribution is 2.27. The Morgan fingerprint density at radius 3 is 2.74 bits per heavy atom. The van der Waals surface area contributed by atoms with E-state index in [-0.39, 0.29) is 31.1 Å². The van der Waals surface area contributed by atoms with Gasteiger partial charge in [0.05, 0.1) is 13.1 Å². The molecular weight excluding hydrogens is 462 g/mol. The number of nitrogens with zero attached hydrogens (tertiary/aromatic N) is 4. The molecule has 1 aromatic carbocycles. The Hall–Kier alpha value is -2.23. The summed E-state index contributed by atoms with van der Waals surface area (Å²) < 4.78 is 17.3. The minimum absolute atomic E-state index is 0.0633. The minimum Gasteiger partial charge on any atom is -0.335 e. The van der Waals surface area contributed by atoms with Gasteiger partial charge in [-0.3, -0.25) is 14.2 Å². The summed E-state index contributed by atoms with van der Waals surface area (Å²) in [6, 6.07) is 9.80. The molecule has 140 valence electrons. The van der Waals surface area contributed by atoms with Gasteiger partial charge in [0, 0.05) is 5.56 Å². The van der Waals surface area contributed by atoms with E-state index in [1.54, 1.807) is 4.52 Å². The van der Waals surface area contributed by atoms with Crippen LogP contribution in [0.2, 0.25) is 0 Å². The van der Waals surface area contributed by atoms with Crippen LogP contribution in [0.5, 0.6) is 0 Å². The van der Waals surface area contributed by atoms with Crippen LogP contribution in [-0.2, 0) is 11.3 Å². The Morgan fingerprint density at radius 2 is 2.07 bits per heavy atom. The highest BCUT2D eigenvalue weighted by atomic mass is 127. The predicted molar refractivity (Wildman–Crippen MR) is 108 cm³/mol. The van der Waals surface area contributed by atoms with E-state index in [0.717, 1.165) is 20.4 Å². The van der Waals surface area contributed by atoms with Crippen LogP contribution in [-0.4, -0.2) is 43.7 Å². The fourth-order valence-corrected chi connectivity index (χ4v) is 4.08. The molecule has 4 rings (SSSR count). The molecule has 0 radical (unpaired) electrons. The van der Waals surface area contributed by atoms with E-state index in [1.165, 1.54) is 22.7 Å². The van der Waals surface area contributed by atoms with E-state index in [2.05, 4.69) is 27.7 Å². The smallest absolute Gasteiger partial charge is 0.278 e. The Bertz CT molecular complexity index is 1110. The molecule has 27 heavy (non-hydrogen) atoms. The van der Waals surface area contributed by atoms with Crippen molar-refractivity contribution in [2.75, 3.05) is 13.1 Å². The third-order valence-corrected chi connectivity index (χ3v) is 5.50. The summed E-state index contributed by atoms with van der Waals surface area (Å²) in [6.45, 7) is 3.44. The van der Waals surface area contributed by atoms with Crippen LogP contribution in [0.15, 0.2) is 41.5 Å². The van der Waals surface area contributed by atoms with Crippen molar-refractivity contribution >= 4 is 34.0 Å². The largest absolute Gasteiger partial charge is 0.335 e. The number of halogens is 2. The number of carbonyl (C=O) groups excluding carboxylic acids is 1. The van der Waals surface area contributed by atoms with Crippen LogP contribution in [0.1, 0.15) is 12.5 Å². The van der Waals surface area contributed by atoms with Gasteiger partial charge >= 0.3 is 0 Å². The molecule has 2 aromatic heterocycles. The number of likely N-dealkylation sites (tertiary alicyclic amines) is 1. The van der Waals surface area contributed by atoms with Gasteiger partial charge < -0.3 is 4.90 Å². The number of aryl methyl sites for hydroxylation is 1. The highest BCUT2D eigenvalue weighted by Gasteiger charge is 2.41. The second-order valence-corrected chi connectivity index (χ2v) is 8.34. The Balaban J connectivity index is 1.74. The van der Waals surface area contributed by atoms with E-state index >= 15 is 0 Å². The van der Waals surface area contributed by atoms with Crippen LogP contribution in [0.3, 0.4) is 0 Å². The summed E-state index contributed by atoms with van der Waals surface area (Å²) in [5.74, 6) is -0.281. The van der Waals surface area contributed by atoms with Gasteiger partial charge in [0.1, 0.15) is 27.8 Å². The lowest BCUT2D eigenvalue weighted by Crippen LogP contribution is -2.60. The van der Waals surface area contributed by atoms with Gasteiger partial charge in [0.15, 0.2) is 0 Å². The first-order chi connectivity index (χ1) is 12.7. The van der Waals surface area contributed by atoms with E-state index in [0.29, 0.717) is 5.52 Å². The SMILES string of the molecule is Cc1cccc(-c2cc(I)n3ncn(CC(=O)N4CC(C)(F)C4)c(=O)c23)c1. The molecule has 0 spiro atoms. The number of amides is 1. The molecule has 6 nitrogen and oxygen atoms in total. The van der Waals surface area contributed by atoms with E-state index in [9.17, 15) is 14.0 Å². The van der Waals surface area contributed by atoms with E-state index in [1.807, 2.05) is 37.3 Å². The third kappa shape index (κ3) is 3.26. The molecule has 1 aliphatic rings. The summed E-state index contributed by atoms with van der Waals surface area (Å²) >= 11 is 2.13. The van der Waals surface area contributed by atoms with Crippen LogP contribution < -0.4 is 5.56 Å². The number of benzene rings is 1. The van der Waals surface area contributed by atoms with Crippen molar-refractivity contribution in [1.82, 2.24) is 19.1 Å². The number of rotatable bonds is 3. The topological polar surface area (TPSA) is 59.6 Å². The number of aromatic nitrogens is 3. The van der Waals surface area contributed by atoms with Crippen molar-refractivity contribution in [2.24, 2.45) is 0 Å². The summed E-state index contributed by atoms with van der Waals surface area (Å²) in [6.07, 6.45) is 1.36. The van der Waals surface area contributed by atoms with E-state index < -0.39 is 5.67 Å². The average molecular weight is 480 g/mol. The number of fused-ring (bicyclic) bond motifs is 1. The maximum Gasteiger partial charge on any atom is 0.278 e. The molecule has 1 fully saturated rings.